The van der Waals surface area contributed by atoms with Gasteiger partial charge in [-0.2, -0.15) is 10.1 Å². The number of rotatable bonds is 3. The van der Waals surface area contributed by atoms with Crippen molar-refractivity contribution in [3.63, 3.8) is 0 Å². The van der Waals surface area contributed by atoms with Gasteiger partial charge in [0.25, 0.3) is 5.89 Å². The highest BCUT2D eigenvalue weighted by Gasteiger charge is 2.27. The van der Waals surface area contributed by atoms with Crippen molar-refractivity contribution in [2.24, 2.45) is 7.05 Å². The fourth-order valence-electron chi connectivity index (χ4n) is 2.81. The smallest absolute Gasteiger partial charge is 0.280 e. The third-order valence-corrected chi connectivity index (χ3v) is 4.20. The van der Waals surface area contributed by atoms with E-state index in [0.29, 0.717) is 29.1 Å². The normalized spacial score (nSPS) is 18.3. The van der Waals surface area contributed by atoms with Crippen LogP contribution in [0.1, 0.15) is 17.6 Å². The molecule has 25 heavy (non-hydrogen) atoms. The monoisotopic (exact) mass is 365 g/mol. The summed E-state index contributed by atoms with van der Waals surface area (Å²) in [5, 5.41) is 11.6. The highest BCUT2D eigenvalue weighted by molar-refractivity contribution is 5.85. The van der Waals surface area contributed by atoms with Crippen molar-refractivity contribution in [1.29, 1.82) is 0 Å². The molecule has 0 radical (unpaired) electrons. The fraction of sp³-hybridized carbons (Fsp3) is 0.467. The second-order valence-electron chi connectivity index (χ2n) is 5.98. The highest BCUT2D eigenvalue weighted by atomic mass is 35.5. The van der Waals surface area contributed by atoms with Gasteiger partial charge in [-0.15, -0.1) is 12.4 Å². The summed E-state index contributed by atoms with van der Waals surface area (Å²) in [6.07, 6.45) is 3.55. The van der Waals surface area contributed by atoms with Crippen LogP contribution >= 0.6 is 12.4 Å². The maximum Gasteiger partial charge on any atom is 0.280 e. The van der Waals surface area contributed by atoms with Gasteiger partial charge in [0.1, 0.15) is 5.76 Å². The van der Waals surface area contributed by atoms with E-state index in [1.807, 2.05) is 20.2 Å². The molecule has 0 aromatic carbocycles. The number of aromatic nitrogens is 5. The molecule has 4 heterocycles. The largest absolute Gasteiger partial charge is 0.440 e. The second kappa shape index (κ2) is 6.95. The Kier molecular flexibility index (Phi) is 4.89. The van der Waals surface area contributed by atoms with Crippen molar-refractivity contribution in [2.75, 3.05) is 26.7 Å². The molecule has 1 atom stereocenters. The summed E-state index contributed by atoms with van der Waals surface area (Å²) in [6, 6.07) is 0.0984. The predicted molar refractivity (Wildman–Crippen MR) is 92.2 cm³/mol. The van der Waals surface area contributed by atoms with Crippen LogP contribution in [0.3, 0.4) is 0 Å². The summed E-state index contributed by atoms with van der Waals surface area (Å²) in [4.78, 5) is 11.2. The molecule has 0 amide bonds. The Bertz CT molecular complexity index is 856. The quantitative estimate of drug-likeness (QED) is 0.744. The van der Waals surface area contributed by atoms with Gasteiger partial charge in [0, 0.05) is 32.9 Å². The molecule has 1 saturated heterocycles. The van der Waals surface area contributed by atoms with Crippen molar-refractivity contribution in [3.05, 3.63) is 24.0 Å². The summed E-state index contributed by atoms with van der Waals surface area (Å²) in [5.41, 5.74) is 1.38. The molecular formula is C15H20ClN7O2. The SMILES string of the molecule is Cc1oc(-c2cnn(C)c2)nc1-c1nc(C2CNCCN2C)no1.Cl. The van der Waals surface area contributed by atoms with Gasteiger partial charge in [-0.3, -0.25) is 9.58 Å². The molecule has 1 aliphatic rings. The number of oxazole rings is 1. The summed E-state index contributed by atoms with van der Waals surface area (Å²) < 4.78 is 12.9. The van der Waals surface area contributed by atoms with Gasteiger partial charge in [-0.25, -0.2) is 4.98 Å². The van der Waals surface area contributed by atoms with E-state index >= 15 is 0 Å². The van der Waals surface area contributed by atoms with Crippen LogP contribution in [0.5, 0.6) is 0 Å². The van der Waals surface area contributed by atoms with Gasteiger partial charge in [0.05, 0.1) is 17.8 Å². The Morgan fingerprint density at radius 1 is 1.24 bits per heavy atom. The van der Waals surface area contributed by atoms with E-state index in [4.69, 9.17) is 8.94 Å². The third-order valence-electron chi connectivity index (χ3n) is 4.20. The first-order valence-corrected chi connectivity index (χ1v) is 7.83. The minimum atomic E-state index is 0. The average molecular weight is 366 g/mol. The number of halogens is 1. The number of piperazine rings is 1. The zero-order valence-corrected chi connectivity index (χ0v) is 15.1. The van der Waals surface area contributed by atoms with Crippen LogP contribution in [0.2, 0.25) is 0 Å². The van der Waals surface area contributed by atoms with E-state index < -0.39 is 0 Å². The summed E-state index contributed by atoms with van der Waals surface area (Å²) in [6.45, 7) is 4.55. The van der Waals surface area contributed by atoms with Gasteiger partial charge in [0.15, 0.2) is 11.5 Å². The zero-order chi connectivity index (χ0) is 16.7. The summed E-state index contributed by atoms with van der Waals surface area (Å²) in [5.74, 6) is 2.16. The standard InChI is InChI=1S/C15H19N7O2.ClH/c1-9-12(18-14(23-9)10-6-17-22(3)8-10)15-19-13(20-24-15)11-7-16-4-5-21(11)2;/h6,8,11,16H,4-5,7H2,1-3H3;1H. The molecule has 1 N–H and O–H groups in total. The number of hydrogen-bond acceptors (Lipinski definition) is 8. The predicted octanol–water partition coefficient (Wildman–Crippen LogP) is 1.43. The van der Waals surface area contributed by atoms with E-state index in [1.165, 1.54) is 0 Å². The number of nitrogens with one attached hydrogen (secondary N) is 1. The summed E-state index contributed by atoms with van der Waals surface area (Å²) in [7, 11) is 3.91. The van der Waals surface area contributed by atoms with E-state index in [1.54, 1.807) is 10.9 Å². The molecule has 3 aromatic rings. The summed E-state index contributed by atoms with van der Waals surface area (Å²) >= 11 is 0. The first-order chi connectivity index (χ1) is 11.6. The van der Waals surface area contributed by atoms with Crippen molar-refractivity contribution in [3.8, 4) is 23.0 Å². The Morgan fingerprint density at radius 3 is 2.80 bits per heavy atom. The maximum absolute atomic E-state index is 5.73. The van der Waals surface area contributed by atoms with Crippen LogP contribution in [-0.2, 0) is 7.05 Å². The van der Waals surface area contributed by atoms with Crippen LogP contribution in [0.15, 0.2) is 21.3 Å². The average Bonchev–Trinajstić information content (AvgIpc) is 3.27. The Balaban J connectivity index is 0.00000182. The first-order valence-electron chi connectivity index (χ1n) is 7.83. The molecule has 0 spiro atoms. The molecule has 1 aliphatic heterocycles. The molecule has 4 rings (SSSR count). The minimum Gasteiger partial charge on any atom is -0.440 e. The van der Waals surface area contributed by atoms with Crippen LogP contribution in [0.25, 0.3) is 23.0 Å². The van der Waals surface area contributed by atoms with Crippen LogP contribution in [0, 0.1) is 6.92 Å². The number of likely N-dealkylation sites (N-methyl/N-ethyl adjacent to an activating group) is 1. The lowest BCUT2D eigenvalue weighted by molar-refractivity contribution is 0.190. The third kappa shape index (κ3) is 3.30. The molecule has 9 nitrogen and oxygen atoms in total. The minimum absolute atomic E-state index is 0. The highest BCUT2D eigenvalue weighted by Crippen LogP contribution is 2.28. The van der Waals surface area contributed by atoms with Crippen molar-refractivity contribution >= 4 is 12.4 Å². The van der Waals surface area contributed by atoms with Gasteiger partial charge < -0.3 is 14.3 Å². The lowest BCUT2D eigenvalue weighted by atomic mass is 10.2. The molecule has 134 valence electrons. The van der Waals surface area contributed by atoms with Gasteiger partial charge in [-0.05, 0) is 14.0 Å². The number of hydrogen-bond donors (Lipinski definition) is 1. The maximum atomic E-state index is 5.73. The van der Waals surface area contributed by atoms with Crippen molar-refractivity contribution in [2.45, 2.75) is 13.0 Å². The van der Waals surface area contributed by atoms with E-state index in [9.17, 15) is 0 Å². The molecule has 1 fully saturated rings. The number of aryl methyl sites for hydroxylation is 2. The molecule has 1 unspecified atom stereocenters. The van der Waals surface area contributed by atoms with Gasteiger partial charge in [-0.1, -0.05) is 5.16 Å². The molecule has 10 heteroatoms. The van der Waals surface area contributed by atoms with E-state index in [2.05, 4.69) is 37.5 Å². The zero-order valence-electron chi connectivity index (χ0n) is 14.3. The van der Waals surface area contributed by atoms with Crippen LogP contribution in [0.4, 0.5) is 0 Å². The molecule has 0 saturated carbocycles. The Labute approximate surface area is 150 Å². The molecule has 3 aromatic heterocycles. The van der Waals surface area contributed by atoms with Crippen molar-refractivity contribution in [1.82, 2.24) is 35.1 Å². The van der Waals surface area contributed by atoms with Gasteiger partial charge in [0.2, 0.25) is 5.89 Å². The molecule has 0 bridgehead atoms. The van der Waals surface area contributed by atoms with Crippen LogP contribution in [-0.4, -0.2) is 56.5 Å². The Morgan fingerprint density at radius 2 is 2.08 bits per heavy atom. The molecule has 0 aliphatic carbocycles. The molecular weight excluding hydrogens is 346 g/mol. The fourth-order valence-corrected chi connectivity index (χ4v) is 2.81. The lowest BCUT2D eigenvalue weighted by Crippen LogP contribution is -2.44. The number of nitrogens with zero attached hydrogens (tertiary/aromatic N) is 6. The van der Waals surface area contributed by atoms with E-state index in [0.717, 1.165) is 25.2 Å². The van der Waals surface area contributed by atoms with Gasteiger partial charge >= 0.3 is 0 Å². The van der Waals surface area contributed by atoms with Crippen LogP contribution < -0.4 is 5.32 Å². The lowest BCUT2D eigenvalue weighted by Gasteiger charge is -2.30. The first kappa shape index (κ1) is 17.6. The van der Waals surface area contributed by atoms with E-state index in [-0.39, 0.29) is 18.4 Å². The van der Waals surface area contributed by atoms with Crippen molar-refractivity contribution < 1.29 is 8.94 Å². The Hall–Kier alpha value is -2.23. The second-order valence-corrected chi connectivity index (χ2v) is 5.98. The topological polar surface area (TPSA) is 98.0 Å².